The van der Waals surface area contributed by atoms with E-state index in [1.165, 1.54) is 23.9 Å². The van der Waals surface area contributed by atoms with Gasteiger partial charge in [0.1, 0.15) is 23.7 Å². The molecule has 1 saturated carbocycles. The van der Waals surface area contributed by atoms with Crippen LogP contribution in [0.1, 0.15) is 45.2 Å². The number of hydrogen-bond donors (Lipinski definition) is 3. The number of hydrogen-bond acceptors (Lipinski definition) is 10. The molecule has 0 spiro atoms. The lowest BCUT2D eigenvalue weighted by atomic mass is 10.1. The Hall–Kier alpha value is -2.64. The third-order valence-electron chi connectivity index (χ3n) is 5.45. The number of furan rings is 1. The molecule has 3 aromatic rings. The smallest absolute Gasteiger partial charge is 0.333 e. The summed E-state index contributed by atoms with van der Waals surface area (Å²) in [4.78, 5) is 21.9. The van der Waals surface area contributed by atoms with Gasteiger partial charge in [0, 0.05) is 24.6 Å². The molecule has 0 unspecified atom stereocenters. The molecule has 1 aliphatic carbocycles. The fourth-order valence-corrected chi connectivity index (χ4v) is 5.12. The Bertz CT molecular complexity index is 1240. The van der Waals surface area contributed by atoms with E-state index >= 15 is 0 Å². The Morgan fingerprint density at radius 2 is 2.21 bits per heavy atom. The molecule has 176 valence electrons. The number of aromatic nitrogens is 2. The Morgan fingerprint density at radius 3 is 2.94 bits per heavy atom. The molecule has 4 rings (SSSR count). The van der Waals surface area contributed by atoms with E-state index in [1.54, 1.807) is 0 Å². The second-order valence-electron chi connectivity index (χ2n) is 8.04. The van der Waals surface area contributed by atoms with E-state index in [0.717, 1.165) is 17.1 Å². The maximum absolute atomic E-state index is 13.2. The molecule has 3 atom stereocenters. The minimum atomic E-state index is -4.08. The van der Waals surface area contributed by atoms with Crippen molar-refractivity contribution in [2.75, 3.05) is 11.9 Å². The van der Waals surface area contributed by atoms with Gasteiger partial charge in [-0.05, 0) is 48.9 Å². The summed E-state index contributed by atoms with van der Waals surface area (Å²) in [6.07, 6.45) is 3.40. The third kappa shape index (κ3) is 6.03. The molecule has 10 nitrogen and oxygen atoms in total. The maximum Gasteiger partial charge on any atom is 0.333 e. The fourth-order valence-electron chi connectivity index (χ4n) is 3.89. The van der Waals surface area contributed by atoms with Crippen molar-refractivity contribution in [3.05, 3.63) is 63.6 Å². The van der Waals surface area contributed by atoms with Crippen molar-refractivity contribution >= 4 is 33.2 Å². The van der Waals surface area contributed by atoms with Crippen LogP contribution in [0.4, 0.5) is 5.82 Å². The number of nitrogens with zero attached hydrogens (tertiary/aromatic N) is 2. The number of ketones is 1. The van der Waals surface area contributed by atoms with Crippen LogP contribution in [0.25, 0.3) is 0 Å². The molecule has 0 aromatic carbocycles. The Kier molecular flexibility index (Phi) is 6.91. The minimum Gasteiger partial charge on any atom is -0.466 e. The molecule has 0 bridgehead atoms. The van der Waals surface area contributed by atoms with Crippen LogP contribution >= 0.6 is 11.3 Å². The first kappa shape index (κ1) is 23.5. The summed E-state index contributed by atoms with van der Waals surface area (Å²) < 4.78 is 32.3. The van der Waals surface area contributed by atoms with Gasteiger partial charge in [0.15, 0.2) is 0 Å². The van der Waals surface area contributed by atoms with Crippen LogP contribution < -0.4 is 10.5 Å². The summed E-state index contributed by atoms with van der Waals surface area (Å²) in [5.41, 5.74) is 1.29. The van der Waals surface area contributed by atoms with Crippen LogP contribution in [0.5, 0.6) is 0 Å². The number of aryl methyl sites for hydroxylation is 1. The summed E-state index contributed by atoms with van der Waals surface area (Å²) in [7, 11) is -4.08. The van der Waals surface area contributed by atoms with Crippen LogP contribution in [0.15, 0.2) is 40.5 Å². The molecule has 0 amide bonds. The van der Waals surface area contributed by atoms with Crippen LogP contribution in [0.3, 0.4) is 0 Å². The van der Waals surface area contributed by atoms with Gasteiger partial charge in [0.2, 0.25) is 5.78 Å². The van der Waals surface area contributed by atoms with E-state index in [9.17, 15) is 18.3 Å². The van der Waals surface area contributed by atoms with Crippen LogP contribution in [0.2, 0.25) is 0 Å². The van der Waals surface area contributed by atoms with Gasteiger partial charge in [-0.25, -0.2) is 15.1 Å². The number of thiophene rings is 1. The lowest BCUT2D eigenvalue weighted by Gasteiger charge is -2.15. The average molecular weight is 493 g/mol. The number of aliphatic hydroxyl groups excluding tert-OH is 1. The largest absolute Gasteiger partial charge is 0.466 e. The number of carbonyl (C=O) groups is 1. The second kappa shape index (κ2) is 9.69. The molecule has 0 radical (unpaired) electrons. The van der Waals surface area contributed by atoms with Gasteiger partial charge in [-0.3, -0.25) is 8.98 Å². The molecule has 12 heteroatoms. The number of nitrogens with two attached hydrogens (primary N) is 1. The summed E-state index contributed by atoms with van der Waals surface area (Å²) >= 11 is 1.34. The molecular formula is C21H24N4O6S2. The highest BCUT2D eigenvalue weighted by molar-refractivity contribution is 7.84. The number of nitrogens with one attached hydrogen (secondary N) is 1. The molecule has 4 N–H and O–H groups in total. The highest BCUT2D eigenvalue weighted by Crippen LogP contribution is 2.30. The summed E-state index contributed by atoms with van der Waals surface area (Å²) in [5, 5.41) is 20.2. The van der Waals surface area contributed by atoms with Crippen LogP contribution in [-0.4, -0.2) is 48.0 Å². The number of anilines is 1. The predicted octanol–water partition coefficient (Wildman–Crippen LogP) is 2.03. The first-order valence-electron chi connectivity index (χ1n) is 10.3. The van der Waals surface area contributed by atoms with Crippen molar-refractivity contribution in [1.82, 2.24) is 9.97 Å². The molecule has 3 heterocycles. The topological polar surface area (TPSA) is 158 Å². The monoisotopic (exact) mass is 492 g/mol. The molecule has 0 aliphatic heterocycles. The van der Waals surface area contributed by atoms with Crippen molar-refractivity contribution in [3.63, 3.8) is 0 Å². The summed E-state index contributed by atoms with van der Waals surface area (Å²) in [6, 6.07) is 5.43. The highest BCUT2D eigenvalue weighted by atomic mass is 32.2. The zero-order valence-electron chi connectivity index (χ0n) is 17.8. The first-order valence-corrected chi connectivity index (χ1v) is 12.6. The molecular weight excluding hydrogens is 468 g/mol. The van der Waals surface area contributed by atoms with E-state index < -0.39 is 22.3 Å². The van der Waals surface area contributed by atoms with Gasteiger partial charge in [-0.1, -0.05) is 0 Å². The number of aliphatic hydroxyl groups is 1. The lowest BCUT2D eigenvalue weighted by molar-refractivity contribution is 0.101. The van der Waals surface area contributed by atoms with E-state index in [1.807, 2.05) is 30.5 Å². The lowest BCUT2D eigenvalue weighted by Crippen LogP contribution is -2.24. The summed E-state index contributed by atoms with van der Waals surface area (Å²) in [5.74, 6) is 1.40. The standard InChI is InChI=1S/C21H24N4O6S2/c1-12-2-3-16(31-12)4-13-5-19(32-10-13)20(27)17-8-23-11-24-21(17)25-15-6-14(18(26)7-15)9-30-33(22,28)29/h2-3,5,8,10-11,14-15,18,26H,4,6-7,9H2,1H3,(H2,22,28,29)(H,23,24,25)/t14-,15-,18+/m1/s1. The predicted molar refractivity (Wildman–Crippen MR) is 121 cm³/mol. The fraction of sp³-hybridized carbons (Fsp3) is 0.381. The molecule has 3 aromatic heterocycles. The molecule has 0 saturated heterocycles. The second-order valence-corrected chi connectivity index (χ2v) is 10.2. The highest BCUT2D eigenvalue weighted by Gasteiger charge is 2.34. The van der Waals surface area contributed by atoms with Crippen molar-refractivity contribution in [2.24, 2.45) is 11.1 Å². The van der Waals surface area contributed by atoms with Crippen LogP contribution in [-0.2, 0) is 20.9 Å². The van der Waals surface area contributed by atoms with Crippen molar-refractivity contribution in [1.29, 1.82) is 0 Å². The van der Waals surface area contributed by atoms with Gasteiger partial charge in [0.25, 0.3) is 0 Å². The zero-order valence-corrected chi connectivity index (χ0v) is 19.4. The molecule has 33 heavy (non-hydrogen) atoms. The van der Waals surface area contributed by atoms with Crippen molar-refractivity contribution in [3.8, 4) is 0 Å². The van der Waals surface area contributed by atoms with Crippen LogP contribution in [0, 0.1) is 12.8 Å². The Balaban J connectivity index is 1.44. The quantitative estimate of drug-likeness (QED) is 0.380. The van der Waals surface area contributed by atoms with Gasteiger partial charge in [-0.15, -0.1) is 11.3 Å². The van der Waals surface area contributed by atoms with Gasteiger partial charge in [-0.2, -0.15) is 8.42 Å². The number of rotatable bonds is 9. The molecule has 1 aliphatic rings. The minimum absolute atomic E-state index is 0.207. The SMILES string of the molecule is Cc1ccc(Cc2csc(C(=O)c3cncnc3N[C@@H]3C[C@H](COS(N)(=O)=O)[C@@H](O)C3)c2)o1. The average Bonchev–Trinajstić information content (AvgIpc) is 3.47. The molecule has 1 fully saturated rings. The van der Waals surface area contributed by atoms with E-state index in [0.29, 0.717) is 35.5 Å². The third-order valence-corrected chi connectivity index (χ3v) is 6.90. The van der Waals surface area contributed by atoms with E-state index in [4.69, 9.17) is 9.56 Å². The van der Waals surface area contributed by atoms with Gasteiger partial charge in [0.05, 0.1) is 23.2 Å². The Morgan fingerprint density at radius 1 is 1.39 bits per heavy atom. The van der Waals surface area contributed by atoms with E-state index in [2.05, 4.69) is 19.5 Å². The van der Waals surface area contributed by atoms with Crippen molar-refractivity contribution in [2.45, 2.75) is 38.3 Å². The number of carbonyl (C=O) groups excluding carboxylic acids is 1. The summed E-state index contributed by atoms with van der Waals surface area (Å²) in [6.45, 7) is 1.68. The zero-order chi connectivity index (χ0) is 23.6. The van der Waals surface area contributed by atoms with Crippen molar-refractivity contribution < 1.29 is 26.9 Å². The van der Waals surface area contributed by atoms with Gasteiger partial charge >= 0.3 is 10.3 Å². The van der Waals surface area contributed by atoms with E-state index in [-0.39, 0.29) is 18.4 Å². The maximum atomic E-state index is 13.2. The first-order chi connectivity index (χ1) is 15.7. The Labute approximate surface area is 195 Å². The van der Waals surface area contributed by atoms with Gasteiger partial charge < -0.3 is 14.8 Å². The normalized spacial score (nSPS) is 20.8.